The second-order valence-corrected chi connectivity index (χ2v) is 7.13. The zero-order chi connectivity index (χ0) is 12.6. The summed E-state index contributed by atoms with van der Waals surface area (Å²) < 4.78 is 0. The van der Waals surface area contributed by atoms with E-state index < -0.39 is 0 Å². The van der Waals surface area contributed by atoms with Gasteiger partial charge in [0.25, 0.3) is 0 Å². The summed E-state index contributed by atoms with van der Waals surface area (Å²) in [6, 6.07) is 1.66. The van der Waals surface area contributed by atoms with Gasteiger partial charge in [0.15, 0.2) is 0 Å². The van der Waals surface area contributed by atoms with Crippen LogP contribution in [0, 0.1) is 5.41 Å². The van der Waals surface area contributed by atoms with E-state index in [0.29, 0.717) is 5.41 Å². The standard InChI is InChI=1S/C16H30N2/c1-3-16(8-6-9-16)13-18-12-15-7-4-5-10-17(15)11-14(18)2/h14-15H,3-13H2,1-2H3. The van der Waals surface area contributed by atoms with E-state index in [4.69, 9.17) is 0 Å². The normalized spacial score (nSPS) is 37.0. The first-order valence-corrected chi connectivity index (χ1v) is 8.20. The molecule has 2 unspecified atom stereocenters. The first-order valence-electron chi connectivity index (χ1n) is 8.20. The molecule has 18 heavy (non-hydrogen) atoms. The van der Waals surface area contributed by atoms with Gasteiger partial charge in [-0.1, -0.05) is 19.8 Å². The molecule has 3 fully saturated rings. The Morgan fingerprint density at radius 1 is 1.11 bits per heavy atom. The van der Waals surface area contributed by atoms with E-state index in [-0.39, 0.29) is 0 Å². The number of piperazine rings is 1. The average molecular weight is 250 g/mol. The molecule has 0 bridgehead atoms. The molecule has 104 valence electrons. The molecule has 0 aromatic carbocycles. The van der Waals surface area contributed by atoms with Gasteiger partial charge in [0.2, 0.25) is 0 Å². The van der Waals surface area contributed by atoms with Crippen LogP contribution in [0.2, 0.25) is 0 Å². The molecule has 2 heteroatoms. The minimum Gasteiger partial charge on any atom is -0.298 e. The van der Waals surface area contributed by atoms with Crippen molar-refractivity contribution in [3.8, 4) is 0 Å². The van der Waals surface area contributed by atoms with Crippen molar-refractivity contribution in [2.24, 2.45) is 5.41 Å². The Bertz CT molecular complexity index is 279. The Balaban J connectivity index is 1.61. The third-order valence-corrected chi connectivity index (χ3v) is 6.02. The van der Waals surface area contributed by atoms with Gasteiger partial charge in [-0.3, -0.25) is 9.80 Å². The van der Waals surface area contributed by atoms with Crippen LogP contribution in [-0.4, -0.2) is 48.1 Å². The summed E-state index contributed by atoms with van der Waals surface area (Å²) in [6.45, 7) is 10.3. The van der Waals surface area contributed by atoms with E-state index in [1.165, 1.54) is 71.1 Å². The highest BCUT2D eigenvalue weighted by molar-refractivity contribution is 4.95. The first kappa shape index (κ1) is 12.9. The lowest BCUT2D eigenvalue weighted by molar-refractivity contribution is -0.0272. The van der Waals surface area contributed by atoms with E-state index in [9.17, 15) is 0 Å². The number of nitrogens with zero attached hydrogens (tertiary/aromatic N) is 2. The van der Waals surface area contributed by atoms with Gasteiger partial charge in [-0.2, -0.15) is 0 Å². The van der Waals surface area contributed by atoms with Gasteiger partial charge >= 0.3 is 0 Å². The minimum atomic E-state index is 0.700. The van der Waals surface area contributed by atoms with Gasteiger partial charge in [0.1, 0.15) is 0 Å². The fraction of sp³-hybridized carbons (Fsp3) is 1.00. The molecule has 3 aliphatic rings. The maximum atomic E-state index is 2.83. The molecule has 0 aromatic rings. The van der Waals surface area contributed by atoms with Crippen LogP contribution in [0.1, 0.15) is 58.8 Å². The molecule has 2 aliphatic heterocycles. The Hall–Kier alpha value is -0.0800. The molecule has 0 spiro atoms. The van der Waals surface area contributed by atoms with Crippen LogP contribution in [0.4, 0.5) is 0 Å². The van der Waals surface area contributed by atoms with Crippen molar-refractivity contribution >= 4 is 0 Å². The fourth-order valence-corrected chi connectivity index (χ4v) is 4.36. The summed E-state index contributed by atoms with van der Waals surface area (Å²) in [5, 5.41) is 0. The predicted octanol–water partition coefficient (Wildman–Crippen LogP) is 3.13. The summed E-state index contributed by atoms with van der Waals surface area (Å²) in [6.07, 6.45) is 10.2. The van der Waals surface area contributed by atoms with Crippen molar-refractivity contribution in [3.63, 3.8) is 0 Å². The number of piperidine rings is 1. The van der Waals surface area contributed by atoms with Crippen LogP contribution in [0.25, 0.3) is 0 Å². The van der Waals surface area contributed by atoms with Crippen molar-refractivity contribution in [1.82, 2.24) is 9.80 Å². The van der Waals surface area contributed by atoms with Crippen molar-refractivity contribution in [3.05, 3.63) is 0 Å². The lowest BCUT2D eigenvalue weighted by atomic mass is 9.66. The quantitative estimate of drug-likeness (QED) is 0.759. The smallest absolute Gasteiger partial charge is 0.0223 e. The molecular formula is C16H30N2. The molecule has 0 radical (unpaired) electrons. The van der Waals surface area contributed by atoms with Gasteiger partial charge in [-0.15, -0.1) is 0 Å². The zero-order valence-electron chi connectivity index (χ0n) is 12.3. The third-order valence-electron chi connectivity index (χ3n) is 6.02. The van der Waals surface area contributed by atoms with Gasteiger partial charge in [-0.05, 0) is 51.0 Å². The largest absolute Gasteiger partial charge is 0.298 e. The Morgan fingerprint density at radius 3 is 2.61 bits per heavy atom. The van der Waals surface area contributed by atoms with Crippen LogP contribution in [0.15, 0.2) is 0 Å². The molecule has 1 saturated carbocycles. The third kappa shape index (κ3) is 2.34. The van der Waals surface area contributed by atoms with Crippen molar-refractivity contribution in [2.45, 2.75) is 70.9 Å². The fourth-order valence-electron chi connectivity index (χ4n) is 4.36. The van der Waals surface area contributed by atoms with Gasteiger partial charge < -0.3 is 0 Å². The van der Waals surface area contributed by atoms with E-state index in [1.54, 1.807) is 0 Å². The Kier molecular flexibility index (Phi) is 3.68. The van der Waals surface area contributed by atoms with Crippen LogP contribution < -0.4 is 0 Å². The van der Waals surface area contributed by atoms with Crippen LogP contribution >= 0.6 is 0 Å². The molecule has 2 heterocycles. The van der Waals surface area contributed by atoms with Crippen molar-refractivity contribution in [1.29, 1.82) is 0 Å². The number of hydrogen-bond acceptors (Lipinski definition) is 2. The highest BCUT2D eigenvalue weighted by Crippen LogP contribution is 2.45. The second kappa shape index (κ2) is 5.13. The van der Waals surface area contributed by atoms with Gasteiger partial charge in [0.05, 0.1) is 0 Å². The number of hydrogen-bond donors (Lipinski definition) is 0. The Labute approximate surface area is 113 Å². The molecule has 0 aromatic heterocycles. The summed E-state index contributed by atoms with van der Waals surface area (Å²) in [7, 11) is 0. The van der Waals surface area contributed by atoms with Gasteiger partial charge in [0, 0.05) is 31.7 Å². The topological polar surface area (TPSA) is 6.48 Å². The highest BCUT2D eigenvalue weighted by Gasteiger charge is 2.40. The summed E-state index contributed by atoms with van der Waals surface area (Å²) in [4.78, 5) is 5.60. The summed E-state index contributed by atoms with van der Waals surface area (Å²) in [5.74, 6) is 0. The van der Waals surface area contributed by atoms with Crippen molar-refractivity contribution < 1.29 is 0 Å². The first-order chi connectivity index (χ1) is 8.72. The molecule has 2 atom stereocenters. The summed E-state index contributed by atoms with van der Waals surface area (Å²) in [5.41, 5.74) is 0.700. The summed E-state index contributed by atoms with van der Waals surface area (Å²) >= 11 is 0. The van der Waals surface area contributed by atoms with E-state index in [0.717, 1.165) is 12.1 Å². The van der Waals surface area contributed by atoms with Crippen LogP contribution in [0.5, 0.6) is 0 Å². The van der Waals surface area contributed by atoms with Gasteiger partial charge in [-0.25, -0.2) is 0 Å². The molecule has 2 nitrogen and oxygen atoms in total. The number of rotatable bonds is 3. The molecular weight excluding hydrogens is 220 g/mol. The van der Waals surface area contributed by atoms with E-state index in [2.05, 4.69) is 23.6 Å². The second-order valence-electron chi connectivity index (χ2n) is 7.13. The van der Waals surface area contributed by atoms with Crippen LogP contribution in [-0.2, 0) is 0 Å². The predicted molar refractivity (Wildman–Crippen MR) is 76.8 cm³/mol. The highest BCUT2D eigenvalue weighted by atomic mass is 15.3. The number of fused-ring (bicyclic) bond motifs is 1. The minimum absolute atomic E-state index is 0.700. The lowest BCUT2D eigenvalue weighted by Crippen LogP contribution is -2.60. The molecule has 0 N–H and O–H groups in total. The SMILES string of the molecule is CCC1(CN2CC3CCCCN3CC2C)CCC1. The maximum absolute atomic E-state index is 2.83. The van der Waals surface area contributed by atoms with E-state index >= 15 is 0 Å². The lowest BCUT2D eigenvalue weighted by Gasteiger charge is -2.52. The monoisotopic (exact) mass is 250 g/mol. The molecule has 2 saturated heterocycles. The van der Waals surface area contributed by atoms with Crippen LogP contribution in [0.3, 0.4) is 0 Å². The molecule has 0 amide bonds. The Morgan fingerprint density at radius 2 is 1.94 bits per heavy atom. The average Bonchev–Trinajstić information content (AvgIpc) is 2.34. The maximum Gasteiger partial charge on any atom is 0.0223 e. The van der Waals surface area contributed by atoms with E-state index in [1.807, 2.05) is 0 Å². The zero-order valence-corrected chi connectivity index (χ0v) is 12.3. The van der Waals surface area contributed by atoms with Crippen molar-refractivity contribution in [2.75, 3.05) is 26.2 Å². The molecule has 1 aliphatic carbocycles. The molecule has 3 rings (SSSR count).